The van der Waals surface area contributed by atoms with Crippen LogP contribution in [0.25, 0.3) is 22.3 Å². The van der Waals surface area contributed by atoms with Gasteiger partial charge in [-0.15, -0.1) is 0 Å². The maximum atomic E-state index is 14.2. The monoisotopic (exact) mass is 628 g/mol. The van der Waals surface area contributed by atoms with Crippen LogP contribution >= 0.6 is 23.2 Å². The van der Waals surface area contributed by atoms with E-state index in [0.717, 1.165) is 37.8 Å². The second-order valence-corrected chi connectivity index (χ2v) is 10.5. The molecule has 2 aromatic carbocycles. The molecule has 0 atom stereocenters. The standard InChI is InChI=1S/C15H15ClF2N2O2.C13H11ClF2N2O2/c1-2-22-12-7-9(10(17)8-11(12)18)13-14(16)19-5-3-4-6-20(19)15(13)21;14-12-11(7-5-10(19)9(16)6-8(7)15)13(20)18-4-2-1-3-17(12)18/h7-8H,2-6H2,1H3;5-6,19H,1-4H2. The summed E-state index contributed by atoms with van der Waals surface area (Å²) in [5.41, 5.74) is -0.997. The summed E-state index contributed by atoms with van der Waals surface area (Å²) in [5, 5.41) is 9.66. The van der Waals surface area contributed by atoms with Gasteiger partial charge in [0.25, 0.3) is 11.1 Å². The van der Waals surface area contributed by atoms with Gasteiger partial charge >= 0.3 is 0 Å². The van der Waals surface area contributed by atoms with Gasteiger partial charge in [-0.2, -0.15) is 0 Å². The molecule has 8 nitrogen and oxygen atoms in total. The predicted molar refractivity (Wildman–Crippen MR) is 149 cm³/mol. The van der Waals surface area contributed by atoms with Crippen LogP contribution in [0, 0.1) is 23.3 Å². The van der Waals surface area contributed by atoms with Crippen molar-refractivity contribution in [2.24, 2.45) is 0 Å². The molecule has 42 heavy (non-hydrogen) atoms. The van der Waals surface area contributed by atoms with E-state index in [1.165, 1.54) is 15.4 Å². The minimum Gasteiger partial charge on any atom is -0.505 e. The Morgan fingerprint density at radius 1 is 0.690 bits per heavy atom. The first kappa shape index (κ1) is 29.8. The zero-order valence-corrected chi connectivity index (χ0v) is 23.9. The number of hydrogen-bond donors (Lipinski definition) is 1. The van der Waals surface area contributed by atoms with Crippen LogP contribution in [-0.2, 0) is 26.2 Å². The first-order valence-electron chi connectivity index (χ1n) is 13.3. The quantitative estimate of drug-likeness (QED) is 0.273. The van der Waals surface area contributed by atoms with Crippen LogP contribution in [0.3, 0.4) is 0 Å². The largest absolute Gasteiger partial charge is 0.505 e. The molecule has 1 N–H and O–H groups in total. The van der Waals surface area contributed by atoms with E-state index in [-0.39, 0.29) is 50.5 Å². The smallest absolute Gasteiger partial charge is 0.276 e. The molecule has 14 heteroatoms. The Morgan fingerprint density at radius 2 is 1.12 bits per heavy atom. The molecule has 0 saturated heterocycles. The highest BCUT2D eigenvalue weighted by Crippen LogP contribution is 2.34. The van der Waals surface area contributed by atoms with Gasteiger partial charge < -0.3 is 9.84 Å². The Labute approximate surface area is 246 Å². The van der Waals surface area contributed by atoms with E-state index in [1.54, 1.807) is 16.3 Å². The molecule has 0 saturated carbocycles. The van der Waals surface area contributed by atoms with Crippen molar-refractivity contribution in [1.29, 1.82) is 0 Å². The summed E-state index contributed by atoms with van der Waals surface area (Å²) in [5.74, 6) is -4.45. The van der Waals surface area contributed by atoms with Gasteiger partial charge in [0.1, 0.15) is 21.9 Å². The molecule has 2 aliphatic heterocycles. The van der Waals surface area contributed by atoms with E-state index in [9.17, 15) is 32.3 Å². The van der Waals surface area contributed by atoms with Crippen molar-refractivity contribution in [3.8, 4) is 33.8 Å². The third-order valence-corrected chi connectivity index (χ3v) is 7.99. The summed E-state index contributed by atoms with van der Waals surface area (Å²) in [6.45, 7) is 4.16. The van der Waals surface area contributed by atoms with Gasteiger partial charge in [0.05, 0.1) is 17.7 Å². The Balaban J connectivity index is 0.000000169. The van der Waals surface area contributed by atoms with Crippen LogP contribution in [0.5, 0.6) is 11.5 Å². The molecule has 4 aromatic rings. The van der Waals surface area contributed by atoms with Crippen LogP contribution < -0.4 is 15.9 Å². The third kappa shape index (κ3) is 5.22. The van der Waals surface area contributed by atoms with E-state index >= 15 is 0 Å². The number of nitrogens with zero attached hydrogens (tertiary/aromatic N) is 4. The molecule has 0 spiro atoms. The Bertz CT molecular complexity index is 1790. The Morgan fingerprint density at radius 3 is 1.57 bits per heavy atom. The fourth-order valence-corrected chi connectivity index (χ4v) is 5.94. The molecule has 2 aromatic heterocycles. The molecule has 0 radical (unpaired) electrons. The lowest BCUT2D eigenvalue weighted by molar-refractivity contribution is 0.320. The SMILES string of the molecule is CCOc1cc(-c2c(Cl)n3n(c2=O)CCCC3)c(F)cc1F.O=c1c(-c2cc(O)c(F)cc2F)c(Cl)n2n1CCCC2. The first-order valence-corrected chi connectivity index (χ1v) is 14.1. The summed E-state index contributed by atoms with van der Waals surface area (Å²) >= 11 is 12.4. The fraction of sp³-hybridized carbons (Fsp3) is 0.357. The number of halogens is 6. The van der Waals surface area contributed by atoms with Crippen LogP contribution in [0.15, 0.2) is 33.9 Å². The van der Waals surface area contributed by atoms with Crippen LogP contribution in [0.2, 0.25) is 10.3 Å². The van der Waals surface area contributed by atoms with Gasteiger partial charge in [0.15, 0.2) is 23.1 Å². The molecule has 0 amide bonds. The summed E-state index contributed by atoms with van der Waals surface area (Å²) in [7, 11) is 0. The number of benzene rings is 2. The summed E-state index contributed by atoms with van der Waals surface area (Å²) in [6, 6.07) is 3.35. The molecular weight excluding hydrogens is 603 g/mol. The molecule has 0 aliphatic carbocycles. The molecular formula is C28H26Cl2F4N4O4. The number of ether oxygens (including phenoxy) is 1. The summed E-state index contributed by atoms with van der Waals surface area (Å²) in [6.07, 6.45) is 3.50. The van der Waals surface area contributed by atoms with Crippen molar-refractivity contribution in [2.45, 2.75) is 58.8 Å². The van der Waals surface area contributed by atoms with Gasteiger partial charge in [-0.25, -0.2) is 26.9 Å². The maximum absolute atomic E-state index is 14.2. The number of rotatable bonds is 4. The van der Waals surface area contributed by atoms with Gasteiger partial charge in [-0.1, -0.05) is 23.2 Å². The second-order valence-electron chi connectivity index (χ2n) is 9.83. The summed E-state index contributed by atoms with van der Waals surface area (Å²) in [4.78, 5) is 24.8. The number of phenolic OH excluding ortho intramolecular Hbond substituents is 1. The zero-order chi connectivity index (χ0) is 30.3. The molecule has 0 bridgehead atoms. The molecule has 4 heterocycles. The molecule has 0 unspecified atom stereocenters. The average Bonchev–Trinajstić information content (AvgIpc) is 3.37. The first-order chi connectivity index (χ1) is 20.0. The van der Waals surface area contributed by atoms with Crippen molar-refractivity contribution < 1.29 is 27.4 Å². The number of fused-ring (bicyclic) bond motifs is 2. The average molecular weight is 629 g/mol. The molecule has 0 fully saturated rings. The lowest BCUT2D eigenvalue weighted by Gasteiger charge is -2.17. The highest BCUT2D eigenvalue weighted by atomic mass is 35.5. The lowest BCUT2D eigenvalue weighted by atomic mass is 10.1. The van der Waals surface area contributed by atoms with Crippen LogP contribution in [0.4, 0.5) is 17.6 Å². The van der Waals surface area contributed by atoms with Gasteiger partial charge in [0, 0.05) is 49.4 Å². The van der Waals surface area contributed by atoms with Crippen LogP contribution in [0.1, 0.15) is 32.6 Å². The van der Waals surface area contributed by atoms with Crippen molar-refractivity contribution in [3.63, 3.8) is 0 Å². The van der Waals surface area contributed by atoms with Gasteiger partial charge in [0.2, 0.25) is 0 Å². The molecule has 224 valence electrons. The molecule has 6 rings (SSSR count). The normalized spacial score (nSPS) is 14.2. The highest BCUT2D eigenvalue weighted by molar-refractivity contribution is 6.32. The van der Waals surface area contributed by atoms with E-state index in [4.69, 9.17) is 27.9 Å². The predicted octanol–water partition coefficient (Wildman–Crippen LogP) is 6.19. The molecule has 2 aliphatic rings. The van der Waals surface area contributed by atoms with Crippen LogP contribution in [-0.4, -0.2) is 30.4 Å². The second kappa shape index (κ2) is 11.9. The van der Waals surface area contributed by atoms with E-state index in [2.05, 4.69) is 0 Å². The van der Waals surface area contributed by atoms with Crippen molar-refractivity contribution in [3.05, 3.63) is 78.5 Å². The number of phenols is 1. The number of aromatic nitrogens is 4. The summed E-state index contributed by atoms with van der Waals surface area (Å²) < 4.78 is 66.1. The number of aromatic hydroxyl groups is 1. The Hall–Kier alpha value is -3.64. The van der Waals surface area contributed by atoms with Crippen molar-refractivity contribution in [1.82, 2.24) is 18.7 Å². The van der Waals surface area contributed by atoms with E-state index in [0.29, 0.717) is 32.2 Å². The lowest BCUT2D eigenvalue weighted by Crippen LogP contribution is -2.27. The Kier molecular flexibility index (Phi) is 8.47. The topological polar surface area (TPSA) is 83.3 Å². The van der Waals surface area contributed by atoms with E-state index in [1.807, 2.05) is 0 Å². The third-order valence-electron chi connectivity index (χ3n) is 7.22. The minimum atomic E-state index is -1.08. The van der Waals surface area contributed by atoms with E-state index < -0.39 is 34.6 Å². The van der Waals surface area contributed by atoms with Gasteiger partial charge in [-0.3, -0.25) is 19.0 Å². The van der Waals surface area contributed by atoms with Gasteiger partial charge in [-0.05, 0) is 44.7 Å². The maximum Gasteiger partial charge on any atom is 0.276 e. The fourth-order valence-electron chi connectivity index (χ4n) is 5.22. The number of hydrogen-bond acceptors (Lipinski definition) is 4. The van der Waals surface area contributed by atoms with Crippen molar-refractivity contribution in [2.75, 3.05) is 6.61 Å². The zero-order valence-electron chi connectivity index (χ0n) is 22.4. The minimum absolute atomic E-state index is 0.0331. The van der Waals surface area contributed by atoms with Crippen molar-refractivity contribution >= 4 is 23.2 Å². The highest BCUT2D eigenvalue weighted by Gasteiger charge is 2.26.